The van der Waals surface area contributed by atoms with Crippen LogP contribution in [0.1, 0.15) is 57.0 Å². The first-order chi connectivity index (χ1) is 18.1. The Labute approximate surface area is 226 Å². The zero-order chi connectivity index (χ0) is 27.7. The van der Waals surface area contributed by atoms with E-state index in [4.69, 9.17) is 16.3 Å². The van der Waals surface area contributed by atoms with E-state index < -0.39 is 27.8 Å². The number of sulfonamides is 1. The smallest absolute Gasteiger partial charge is 0.356 e. The number of rotatable bonds is 11. The van der Waals surface area contributed by atoms with Crippen molar-refractivity contribution in [3.05, 3.63) is 94.3 Å². The minimum Gasteiger partial charge on any atom is -0.461 e. The van der Waals surface area contributed by atoms with Gasteiger partial charge in [0.25, 0.3) is 21.8 Å². The van der Waals surface area contributed by atoms with E-state index in [2.05, 4.69) is 10.3 Å². The molecule has 0 radical (unpaired) electrons. The molecule has 0 fully saturated rings. The Hall–Kier alpha value is -3.76. The predicted molar refractivity (Wildman–Crippen MR) is 143 cm³/mol. The molecule has 0 saturated heterocycles. The van der Waals surface area contributed by atoms with Gasteiger partial charge >= 0.3 is 5.97 Å². The maximum absolute atomic E-state index is 12.9. The lowest BCUT2D eigenvalue weighted by molar-refractivity contribution is 0.0439. The first-order valence-electron chi connectivity index (χ1n) is 11.9. The van der Waals surface area contributed by atoms with Crippen LogP contribution in [0, 0.1) is 5.92 Å². The number of carbonyl (C=O) groups is 3. The van der Waals surface area contributed by atoms with Gasteiger partial charge in [-0.2, -0.15) is 0 Å². The molecule has 0 bridgehead atoms. The number of ether oxygens (including phenoxy) is 1. The van der Waals surface area contributed by atoms with Crippen molar-refractivity contribution < 1.29 is 27.5 Å². The SMILES string of the molecule is CCC(C)COC(=O)c1ccc(C(=O)NS(=O)(=O)c2ccc(Cl)c(C(=O)NCCc3ccccc3)c2)cn1. The summed E-state index contributed by atoms with van der Waals surface area (Å²) in [6.45, 7) is 4.48. The number of halogens is 1. The molecule has 2 N–H and O–H groups in total. The number of aromatic nitrogens is 1. The van der Waals surface area contributed by atoms with Crippen molar-refractivity contribution in [3.63, 3.8) is 0 Å². The van der Waals surface area contributed by atoms with Crippen LogP contribution in [-0.2, 0) is 21.2 Å². The third kappa shape index (κ3) is 7.87. The Bertz CT molecular complexity index is 1400. The largest absolute Gasteiger partial charge is 0.461 e. The molecule has 0 aliphatic rings. The third-order valence-electron chi connectivity index (χ3n) is 5.69. The molecule has 1 aromatic heterocycles. The van der Waals surface area contributed by atoms with E-state index in [0.29, 0.717) is 13.0 Å². The highest BCUT2D eigenvalue weighted by molar-refractivity contribution is 7.90. The summed E-state index contributed by atoms with van der Waals surface area (Å²) in [5, 5.41) is 2.78. The molecule has 9 nitrogen and oxygen atoms in total. The summed E-state index contributed by atoms with van der Waals surface area (Å²) < 4.78 is 32.8. The quantitative estimate of drug-likeness (QED) is 0.340. The molecule has 0 spiro atoms. The highest BCUT2D eigenvalue weighted by atomic mass is 35.5. The van der Waals surface area contributed by atoms with Crippen molar-refractivity contribution in [1.82, 2.24) is 15.0 Å². The molecule has 0 aliphatic carbocycles. The van der Waals surface area contributed by atoms with Crippen molar-refractivity contribution in [1.29, 1.82) is 0 Å². The van der Waals surface area contributed by atoms with Gasteiger partial charge in [-0.05, 0) is 48.2 Å². The molecule has 1 heterocycles. The van der Waals surface area contributed by atoms with Crippen LogP contribution in [0.5, 0.6) is 0 Å². The van der Waals surface area contributed by atoms with Crippen LogP contribution >= 0.6 is 11.6 Å². The number of esters is 1. The highest BCUT2D eigenvalue weighted by Crippen LogP contribution is 2.21. The molecule has 0 saturated carbocycles. The van der Waals surface area contributed by atoms with Crippen LogP contribution < -0.4 is 10.0 Å². The van der Waals surface area contributed by atoms with Gasteiger partial charge in [0.1, 0.15) is 5.69 Å². The topological polar surface area (TPSA) is 132 Å². The van der Waals surface area contributed by atoms with Gasteiger partial charge < -0.3 is 10.1 Å². The van der Waals surface area contributed by atoms with Crippen LogP contribution in [0.15, 0.2) is 71.8 Å². The van der Waals surface area contributed by atoms with E-state index >= 15 is 0 Å². The van der Waals surface area contributed by atoms with Gasteiger partial charge in [-0.25, -0.2) is 22.9 Å². The average molecular weight is 558 g/mol. The van der Waals surface area contributed by atoms with E-state index in [-0.39, 0.29) is 39.3 Å². The average Bonchev–Trinajstić information content (AvgIpc) is 2.92. The summed E-state index contributed by atoms with van der Waals surface area (Å²) in [6, 6.07) is 15.6. The summed E-state index contributed by atoms with van der Waals surface area (Å²) in [5.74, 6) is -1.95. The van der Waals surface area contributed by atoms with E-state index in [0.717, 1.165) is 24.2 Å². The Balaban J connectivity index is 1.65. The Morgan fingerprint density at radius 3 is 2.42 bits per heavy atom. The minimum atomic E-state index is -4.35. The number of benzene rings is 2. The van der Waals surface area contributed by atoms with Crippen molar-refractivity contribution >= 4 is 39.4 Å². The molecule has 1 unspecified atom stereocenters. The van der Waals surface area contributed by atoms with Crippen molar-refractivity contribution in [3.8, 4) is 0 Å². The second kappa shape index (κ2) is 13.2. The molecule has 3 rings (SSSR count). The molecular formula is C27H28ClN3O6S. The number of nitrogens with zero attached hydrogens (tertiary/aromatic N) is 1. The highest BCUT2D eigenvalue weighted by Gasteiger charge is 2.22. The van der Waals surface area contributed by atoms with Crippen molar-refractivity contribution in [2.45, 2.75) is 31.6 Å². The fourth-order valence-corrected chi connectivity index (χ4v) is 4.41. The molecule has 0 aliphatic heterocycles. The molecule has 11 heteroatoms. The second-order valence-corrected chi connectivity index (χ2v) is 10.7. The van der Waals surface area contributed by atoms with Gasteiger partial charge in [0.15, 0.2) is 0 Å². The van der Waals surface area contributed by atoms with Crippen LogP contribution in [0.4, 0.5) is 0 Å². The minimum absolute atomic E-state index is 0.00618. The fraction of sp³-hybridized carbons (Fsp3) is 0.259. The number of pyridine rings is 1. The fourth-order valence-electron chi connectivity index (χ4n) is 3.20. The molecular weight excluding hydrogens is 530 g/mol. The van der Waals surface area contributed by atoms with Gasteiger partial charge in [0.05, 0.1) is 27.7 Å². The lowest BCUT2D eigenvalue weighted by Crippen LogP contribution is -2.31. The lowest BCUT2D eigenvalue weighted by atomic mass is 10.1. The molecule has 3 aromatic rings. The summed E-state index contributed by atoms with van der Waals surface area (Å²) in [6.07, 6.45) is 2.52. The second-order valence-electron chi connectivity index (χ2n) is 8.61. The van der Waals surface area contributed by atoms with Gasteiger partial charge in [-0.1, -0.05) is 62.2 Å². The molecule has 200 valence electrons. The van der Waals surface area contributed by atoms with Gasteiger partial charge in [-0.3, -0.25) is 9.59 Å². The Kier molecular flexibility index (Phi) is 9.98. The summed E-state index contributed by atoms with van der Waals surface area (Å²) in [7, 11) is -4.35. The van der Waals surface area contributed by atoms with E-state index in [1.807, 2.05) is 48.9 Å². The monoisotopic (exact) mass is 557 g/mol. The summed E-state index contributed by atoms with van der Waals surface area (Å²) >= 11 is 6.14. The number of hydrogen-bond acceptors (Lipinski definition) is 7. The van der Waals surface area contributed by atoms with E-state index in [9.17, 15) is 22.8 Å². The number of hydrogen-bond donors (Lipinski definition) is 2. The number of nitrogens with one attached hydrogen (secondary N) is 2. The van der Waals surface area contributed by atoms with Gasteiger partial charge in [0.2, 0.25) is 0 Å². The van der Waals surface area contributed by atoms with E-state index in [1.165, 1.54) is 24.3 Å². The van der Waals surface area contributed by atoms with Crippen LogP contribution in [-0.4, -0.2) is 44.3 Å². The van der Waals surface area contributed by atoms with Crippen LogP contribution in [0.3, 0.4) is 0 Å². The first kappa shape index (κ1) is 28.8. The van der Waals surface area contributed by atoms with E-state index in [1.54, 1.807) is 0 Å². The van der Waals surface area contributed by atoms with Gasteiger partial charge in [0, 0.05) is 12.7 Å². The van der Waals surface area contributed by atoms with Crippen molar-refractivity contribution in [2.24, 2.45) is 5.92 Å². The number of carbonyl (C=O) groups excluding carboxylic acids is 3. The molecule has 38 heavy (non-hydrogen) atoms. The zero-order valence-corrected chi connectivity index (χ0v) is 22.5. The molecule has 2 amide bonds. The third-order valence-corrected chi connectivity index (χ3v) is 7.35. The van der Waals surface area contributed by atoms with Crippen LogP contribution in [0.2, 0.25) is 5.02 Å². The Morgan fingerprint density at radius 2 is 1.76 bits per heavy atom. The van der Waals surface area contributed by atoms with Crippen LogP contribution in [0.25, 0.3) is 0 Å². The maximum atomic E-state index is 12.9. The normalized spacial score (nSPS) is 11.9. The molecule has 2 aromatic carbocycles. The summed E-state index contributed by atoms with van der Waals surface area (Å²) in [5.41, 5.74) is 0.897. The predicted octanol–water partition coefficient (Wildman–Crippen LogP) is 4.03. The first-order valence-corrected chi connectivity index (χ1v) is 13.8. The maximum Gasteiger partial charge on any atom is 0.356 e. The number of amides is 2. The van der Waals surface area contributed by atoms with Gasteiger partial charge in [-0.15, -0.1) is 0 Å². The molecule has 1 atom stereocenters. The lowest BCUT2D eigenvalue weighted by Gasteiger charge is -2.11. The van der Waals surface area contributed by atoms with Crippen molar-refractivity contribution in [2.75, 3.05) is 13.2 Å². The zero-order valence-electron chi connectivity index (χ0n) is 20.9. The Morgan fingerprint density at radius 1 is 1.03 bits per heavy atom. The summed E-state index contributed by atoms with van der Waals surface area (Å²) in [4.78, 5) is 40.9. The standard InChI is InChI=1S/C27H28ClN3O6S/c1-3-18(2)17-37-27(34)24-12-9-20(16-30-24)25(32)31-38(35,36)21-10-11-23(28)22(15-21)26(33)29-14-13-19-7-5-4-6-8-19/h4-12,15-16,18H,3,13-14,17H2,1-2H3,(H,29,33)(H,31,32).